The van der Waals surface area contributed by atoms with Crippen molar-refractivity contribution in [1.29, 1.82) is 0 Å². The highest BCUT2D eigenvalue weighted by atomic mass is 32.2. The molecule has 6 heteroatoms. The summed E-state index contributed by atoms with van der Waals surface area (Å²) >= 11 is 0. The van der Waals surface area contributed by atoms with Gasteiger partial charge >= 0.3 is 0 Å². The lowest BCUT2D eigenvalue weighted by molar-refractivity contribution is 0.579. The summed E-state index contributed by atoms with van der Waals surface area (Å²) in [5.74, 6) is 0. The van der Waals surface area contributed by atoms with E-state index in [-0.39, 0.29) is 0 Å². The maximum absolute atomic E-state index is 10.9. The molecule has 0 fully saturated rings. The van der Waals surface area contributed by atoms with E-state index >= 15 is 0 Å². The molecule has 3 N–H and O–H groups in total. The van der Waals surface area contributed by atoms with Gasteiger partial charge in [0.1, 0.15) is 0 Å². The monoisotopic (exact) mass is 283 g/mol. The van der Waals surface area contributed by atoms with Crippen molar-refractivity contribution in [2.24, 2.45) is 0 Å². The van der Waals surface area contributed by atoms with Crippen LogP contribution in [0.1, 0.15) is 17.5 Å². The Kier molecular flexibility index (Phi) is 4.79. The molecule has 106 valence electrons. The molecular formula is C13H21N3O2S. The van der Waals surface area contributed by atoms with Crippen molar-refractivity contribution in [3.05, 3.63) is 29.3 Å². The molecule has 0 unspecified atom stereocenters. The summed E-state index contributed by atoms with van der Waals surface area (Å²) in [4.78, 5) is 0. The van der Waals surface area contributed by atoms with Crippen LogP contribution in [-0.4, -0.2) is 34.3 Å². The van der Waals surface area contributed by atoms with Crippen LogP contribution < -0.4 is 15.4 Å². The Balaban J connectivity index is 1.71. The van der Waals surface area contributed by atoms with Crippen molar-refractivity contribution >= 4 is 15.7 Å². The van der Waals surface area contributed by atoms with Crippen LogP contribution in [0.5, 0.6) is 0 Å². The first kappa shape index (κ1) is 14.3. The van der Waals surface area contributed by atoms with Crippen LogP contribution in [0.3, 0.4) is 0 Å². The number of hydrogen-bond donors (Lipinski definition) is 3. The third-order valence-corrected chi connectivity index (χ3v) is 3.87. The normalized spacial score (nSPS) is 14.2. The van der Waals surface area contributed by atoms with Crippen molar-refractivity contribution in [2.45, 2.75) is 19.4 Å². The Bertz CT molecular complexity index is 529. The third-order valence-electron chi connectivity index (χ3n) is 3.14. The molecular weight excluding hydrogens is 262 g/mol. The van der Waals surface area contributed by atoms with Crippen LogP contribution in [0.2, 0.25) is 0 Å². The van der Waals surface area contributed by atoms with Gasteiger partial charge in [0, 0.05) is 25.3 Å². The second-order valence-electron chi connectivity index (χ2n) is 4.82. The first-order valence-electron chi connectivity index (χ1n) is 6.56. The predicted octanol–water partition coefficient (Wildman–Crippen LogP) is 0.683. The average molecular weight is 283 g/mol. The lowest BCUT2D eigenvalue weighted by Gasteiger charge is -2.10. The topological polar surface area (TPSA) is 70.2 Å². The van der Waals surface area contributed by atoms with E-state index in [1.807, 2.05) is 0 Å². The molecule has 2 rings (SSSR count). The van der Waals surface area contributed by atoms with Gasteiger partial charge in [0.2, 0.25) is 10.0 Å². The number of fused-ring (bicyclic) bond motifs is 1. The Hall–Kier alpha value is -1.11. The molecule has 0 aromatic heterocycles. The fraction of sp³-hybridized carbons (Fsp3) is 0.538. The molecule has 0 aliphatic carbocycles. The summed E-state index contributed by atoms with van der Waals surface area (Å²) in [5, 5.41) is 6.75. The van der Waals surface area contributed by atoms with Crippen molar-refractivity contribution in [2.75, 3.05) is 31.2 Å². The molecule has 0 spiro atoms. The van der Waals surface area contributed by atoms with E-state index < -0.39 is 10.0 Å². The highest BCUT2D eigenvalue weighted by Crippen LogP contribution is 2.25. The van der Waals surface area contributed by atoms with Gasteiger partial charge in [-0.25, -0.2) is 13.1 Å². The standard InChI is InChI=1S/C13H21N3O2S/c1-19(17,18)16-8-3-7-14-10-12-5-2-4-11-6-9-15-13(11)12/h2,4-5,14-16H,3,6-10H2,1H3. The molecule has 1 heterocycles. The van der Waals surface area contributed by atoms with E-state index in [9.17, 15) is 8.42 Å². The third kappa shape index (κ3) is 4.49. The molecule has 1 aromatic rings. The number of rotatable bonds is 7. The van der Waals surface area contributed by atoms with Crippen molar-refractivity contribution in [1.82, 2.24) is 10.0 Å². The zero-order valence-electron chi connectivity index (χ0n) is 11.2. The van der Waals surface area contributed by atoms with Gasteiger partial charge in [0.25, 0.3) is 0 Å². The van der Waals surface area contributed by atoms with Crippen LogP contribution in [-0.2, 0) is 23.0 Å². The minimum Gasteiger partial charge on any atom is -0.384 e. The number of benzene rings is 1. The number of sulfonamides is 1. The Morgan fingerprint density at radius 1 is 1.32 bits per heavy atom. The fourth-order valence-corrected chi connectivity index (χ4v) is 2.77. The number of anilines is 1. The minimum atomic E-state index is -3.06. The molecule has 0 saturated carbocycles. The molecule has 1 aliphatic heterocycles. The van der Waals surface area contributed by atoms with Crippen LogP contribution >= 0.6 is 0 Å². The van der Waals surface area contributed by atoms with Gasteiger partial charge in [0.15, 0.2) is 0 Å². The zero-order chi connectivity index (χ0) is 13.7. The minimum absolute atomic E-state index is 0.483. The van der Waals surface area contributed by atoms with E-state index in [0.717, 1.165) is 32.5 Å². The smallest absolute Gasteiger partial charge is 0.208 e. The van der Waals surface area contributed by atoms with E-state index in [1.54, 1.807) is 0 Å². The Morgan fingerprint density at radius 3 is 2.95 bits per heavy atom. The Labute approximate surface area is 114 Å². The summed E-state index contributed by atoms with van der Waals surface area (Å²) in [6.45, 7) is 3.11. The summed E-state index contributed by atoms with van der Waals surface area (Å²) < 4.78 is 24.2. The highest BCUT2D eigenvalue weighted by Gasteiger charge is 2.12. The molecule has 5 nitrogen and oxygen atoms in total. The van der Waals surface area contributed by atoms with Crippen LogP contribution in [0.25, 0.3) is 0 Å². The molecule has 0 atom stereocenters. The lowest BCUT2D eigenvalue weighted by atomic mass is 10.1. The summed E-state index contributed by atoms with van der Waals surface area (Å²) in [7, 11) is -3.06. The molecule has 1 aliphatic rings. The molecule has 0 amide bonds. The first-order valence-corrected chi connectivity index (χ1v) is 8.45. The second kappa shape index (κ2) is 6.36. The molecule has 0 bridgehead atoms. The van der Waals surface area contributed by atoms with E-state index in [4.69, 9.17) is 0 Å². The van der Waals surface area contributed by atoms with Gasteiger partial charge in [-0.2, -0.15) is 0 Å². The molecule has 1 aromatic carbocycles. The van der Waals surface area contributed by atoms with Gasteiger partial charge in [-0.3, -0.25) is 0 Å². The van der Waals surface area contributed by atoms with E-state index in [0.29, 0.717) is 6.54 Å². The maximum Gasteiger partial charge on any atom is 0.208 e. The maximum atomic E-state index is 10.9. The van der Waals surface area contributed by atoms with Crippen LogP contribution in [0.4, 0.5) is 5.69 Å². The van der Waals surface area contributed by atoms with Crippen LogP contribution in [0, 0.1) is 0 Å². The highest BCUT2D eigenvalue weighted by molar-refractivity contribution is 7.88. The van der Waals surface area contributed by atoms with E-state index in [1.165, 1.54) is 23.1 Å². The predicted molar refractivity (Wildman–Crippen MR) is 77.8 cm³/mol. The van der Waals surface area contributed by atoms with Crippen molar-refractivity contribution in [3.63, 3.8) is 0 Å². The van der Waals surface area contributed by atoms with Crippen molar-refractivity contribution < 1.29 is 8.42 Å². The molecule has 19 heavy (non-hydrogen) atoms. The Morgan fingerprint density at radius 2 is 2.16 bits per heavy atom. The average Bonchev–Trinajstić information content (AvgIpc) is 2.81. The second-order valence-corrected chi connectivity index (χ2v) is 6.66. The van der Waals surface area contributed by atoms with Gasteiger partial charge in [-0.15, -0.1) is 0 Å². The summed E-state index contributed by atoms with van der Waals surface area (Å²) in [6.07, 6.45) is 3.07. The number of hydrogen-bond acceptors (Lipinski definition) is 4. The van der Waals surface area contributed by atoms with Crippen LogP contribution in [0.15, 0.2) is 18.2 Å². The SMILES string of the molecule is CS(=O)(=O)NCCCNCc1cccc2c1NCC2. The van der Waals surface area contributed by atoms with E-state index in [2.05, 4.69) is 33.6 Å². The number of para-hydroxylation sites is 1. The van der Waals surface area contributed by atoms with Gasteiger partial charge in [0.05, 0.1) is 6.26 Å². The quantitative estimate of drug-likeness (QED) is 0.644. The molecule has 0 saturated heterocycles. The van der Waals surface area contributed by atoms with Crippen molar-refractivity contribution in [3.8, 4) is 0 Å². The zero-order valence-corrected chi connectivity index (χ0v) is 12.0. The first-order chi connectivity index (χ1) is 9.06. The fourth-order valence-electron chi connectivity index (χ4n) is 2.25. The largest absolute Gasteiger partial charge is 0.384 e. The van der Waals surface area contributed by atoms with Gasteiger partial charge < -0.3 is 10.6 Å². The van der Waals surface area contributed by atoms with Gasteiger partial charge in [-0.05, 0) is 30.5 Å². The summed E-state index contributed by atoms with van der Waals surface area (Å²) in [5.41, 5.74) is 3.94. The van der Waals surface area contributed by atoms with Gasteiger partial charge in [-0.1, -0.05) is 18.2 Å². The number of nitrogens with one attached hydrogen (secondary N) is 3. The molecule has 0 radical (unpaired) electrons. The summed E-state index contributed by atoms with van der Waals surface area (Å²) in [6, 6.07) is 6.38. The lowest BCUT2D eigenvalue weighted by Crippen LogP contribution is -2.26.